The van der Waals surface area contributed by atoms with Gasteiger partial charge >= 0.3 is 0 Å². The van der Waals surface area contributed by atoms with E-state index in [-0.39, 0.29) is 0 Å². The molecule has 0 atom stereocenters. The molecule has 0 unspecified atom stereocenters. The van der Waals surface area contributed by atoms with E-state index < -0.39 is 0 Å². The number of hydrogen-bond acceptors (Lipinski definition) is 4. The summed E-state index contributed by atoms with van der Waals surface area (Å²) in [7, 11) is 1.62. The number of methoxy groups -OCH3 is 1. The summed E-state index contributed by atoms with van der Waals surface area (Å²) in [5, 5.41) is 0. The summed E-state index contributed by atoms with van der Waals surface area (Å²) in [5.74, 6) is 1.39. The second kappa shape index (κ2) is 6.20. The van der Waals surface area contributed by atoms with Gasteiger partial charge in [0.2, 0.25) is 0 Å². The summed E-state index contributed by atoms with van der Waals surface area (Å²) in [6, 6.07) is 9.62. The molecule has 0 bridgehead atoms. The normalized spacial score (nSPS) is 10.3. The minimum absolute atomic E-state index is 0.422. The van der Waals surface area contributed by atoms with E-state index >= 15 is 0 Å². The van der Waals surface area contributed by atoms with Crippen molar-refractivity contribution in [1.29, 1.82) is 0 Å². The minimum Gasteiger partial charge on any atom is -0.493 e. The fourth-order valence-electron chi connectivity index (χ4n) is 1.77. The maximum Gasteiger partial charge on any atom is 0.161 e. The van der Waals surface area contributed by atoms with Crippen molar-refractivity contribution in [2.24, 2.45) is 5.73 Å². The van der Waals surface area contributed by atoms with Gasteiger partial charge in [-0.15, -0.1) is 0 Å². The standard InChI is InChI=1S/C15H18N2O2/c1-11-4-3-7-17-13(11)10-19-14-6-5-12(9-16)8-15(14)18-2/h3-8H,9-10,16H2,1-2H3. The monoisotopic (exact) mass is 258 g/mol. The lowest BCUT2D eigenvalue weighted by Gasteiger charge is -2.12. The molecule has 0 radical (unpaired) electrons. The van der Waals surface area contributed by atoms with E-state index in [4.69, 9.17) is 15.2 Å². The highest BCUT2D eigenvalue weighted by molar-refractivity contribution is 5.43. The van der Waals surface area contributed by atoms with Crippen LogP contribution in [0.1, 0.15) is 16.8 Å². The molecule has 0 saturated heterocycles. The van der Waals surface area contributed by atoms with Crippen molar-refractivity contribution in [3.05, 3.63) is 53.3 Å². The van der Waals surface area contributed by atoms with Crippen LogP contribution in [0.4, 0.5) is 0 Å². The summed E-state index contributed by atoms with van der Waals surface area (Å²) in [4.78, 5) is 4.30. The van der Waals surface area contributed by atoms with Crippen LogP contribution in [0.5, 0.6) is 11.5 Å². The molecule has 0 aliphatic rings. The predicted molar refractivity (Wildman–Crippen MR) is 74.2 cm³/mol. The summed E-state index contributed by atoms with van der Waals surface area (Å²) < 4.78 is 11.1. The van der Waals surface area contributed by atoms with Crippen LogP contribution in [-0.4, -0.2) is 12.1 Å². The molecule has 2 aromatic rings. The molecule has 2 rings (SSSR count). The van der Waals surface area contributed by atoms with Crippen LogP contribution in [0, 0.1) is 6.92 Å². The first-order valence-electron chi connectivity index (χ1n) is 6.15. The van der Waals surface area contributed by atoms with Crippen molar-refractivity contribution in [3.63, 3.8) is 0 Å². The zero-order valence-corrected chi connectivity index (χ0v) is 11.2. The van der Waals surface area contributed by atoms with Gasteiger partial charge < -0.3 is 15.2 Å². The molecule has 4 nitrogen and oxygen atoms in total. The summed E-state index contributed by atoms with van der Waals surface area (Å²) in [6.45, 7) is 2.92. The van der Waals surface area contributed by atoms with Crippen LogP contribution in [0.25, 0.3) is 0 Å². The Morgan fingerprint density at radius 1 is 1.21 bits per heavy atom. The maximum atomic E-state index is 5.77. The van der Waals surface area contributed by atoms with Gasteiger partial charge in [0.15, 0.2) is 11.5 Å². The fourth-order valence-corrected chi connectivity index (χ4v) is 1.77. The molecule has 19 heavy (non-hydrogen) atoms. The van der Waals surface area contributed by atoms with Gasteiger partial charge in [-0.05, 0) is 36.2 Å². The van der Waals surface area contributed by atoms with Crippen LogP contribution in [0.15, 0.2) is 36.5 Å². The third kappa shape index (κ3) is 3.23. The average molecular weight is 258 g/mol. The lowest BCUT2D eigenvalue weighted by atomic mass is 10.2. The van der Waals surface area contributed by atoms with E-state index in [1.807, 2.05) is 37.3 Å². The number of nitrogens with zero attached hydrogens (tertiary/aromatic N) is 1. The lowest BCUT2D eigenvalue weighted by Crippen LogP contribution is -2.03. The molecule has 1 heterocycles. The SMILES string of the molecule is COc1cc(CN)ccc1OCc1ncccc1C. The molecule has 4 heteroatoms. The third-order valence-corrected chi connectivity index (χ3v) is 2.95. The molecule has 0 aliphatic carbocycles. The Morgan fingerprint density at radius 3 is 2.74 bits per heavy atom. The van der Waals surface area contributed by atoms with Crippen molar-refractivity contribution in [3.8, 4) is 11.5 Å². The molecule has 2 N–H and O–H groups in total. The van der Waals surface area contributed by atoms with Crippen molar-refractivity contribution in [2.45, 2.75) is 20.1 Å². The van der Waals surface area contributed by atoms with Gasteiger partial charge in [-0.1, -0.05) is 12.1 Å². The number of hydrogen-bond donors (Lipinski definition) is 1. The Hall–Kier alpha value is -2.07. The Balaban J connectivity index is 2.13. The highest BCUT2D eigenvalue weighted by atomic mass is 16.5. The molecule has 0 fully saturated rings. The Kier molecular flexibility index (Phi) is 4.36. The fraction of sp³-hybridized carbons (Fsp3) is 0.267. The van der Waals surface area contributed by atoms with E-state index in [0.717, 1.165) is 16.8 Å². The van der Waals surface area contributed by atoms with Gasteiger partial charge in [0.05, 0.1) is 12.8 Å². The first kappa shape index (κ1) is 13.4. The van der Waals surface area contributed by atoms with Crippen LogP contribution >= 0.6 is 0 Å². The molecule has 0 spiro atoms. The van der Waals surface area contributed by atoms with Crippen molar-refractivity contribution >= 4 is 0 Å². The van der Waals surface area contributed by atoms with E-state index in [2.05, 4.69) is 4.98 Å². The van der Waals surface area contributed by atoms with Gasteiger partial charge in [0.1, 0.15) is 6.61 Å². The van der Waals surface area contributed by atoms with E-state index in [0.29, 0.717) is 24.7 Å². The van der Waals surface area contributed by atoms with Crippen molar-refractivity contribution in [1.82, 2.24) is 4.98 Å². The molecule has 100 valence electrons. The summed E-state index contributed by atoms with van der Waals surface area (Å²) in [5.41, 5.74) is 8.65. The third-order valence-electron chi connectivity index (χ3n) is 2.95. The van der Waals surface area contributed by atoms with Crippen LogP contribution in [-0.2, 0) is 13.2 Å². The highest BCUT2D eigenvalue weighted by Gasteiger charge is 2.07. The topological polar surface area (TPSA) is 57.4 Å². The Bertz CT molecular complexity index is 556. The first-order chi connectivity index (χ1) is 9.24. The van der Waals surface area contributed by atoms with Gasteiger partial charge in [-0.3, -0.25) is 4.98 Å². The molecular weight excluding hydrogens is 240 g/mol. The zero-order valence-electron chi connectivity index (χ0n) is 11.2. The smallest absolute Gasteiger partial charge is 0.161 e. The molecule has 1 aromatic heterocycles. The number of aryl methyl sites for hydroxylation is 1. The number of ether oxygens (including phenoxy) is 2. The van der Waals surface area contributed by atoms with Gasteiger partial charge in [-0.25, -0.2) is 0 Å². The number of pyridine rings is 1. The quantitative estimate of drug-likeness (QED) is 0.895. The van der Waals surface area contributed by atoms with Crippen LogP contribution < -0.4 is 15.2 Å². The molecule has 0 saturated carbocycles. The summed E-state index contributed by atoms with van der Waals surface area (Å²) >= 11 is 0. The van der Waals surface area contributed by atoms with Gasteiger partial charge in [0.25, 0.3) is 0 Å². The van der Waals surface area contributed by atoms with Crippen molar-refractivity contribution < 1.29 is 9.47 Å². The van der Waals surface area contributed by atoms with Gasteiger partial charge in [0, 0.05) is 12.7 Å². The molecular formula is C15H18N2O2. The minimum atomic E-state index is 0.422. The van der Waals surface area contributed by atoms with E-state index in [1.54, 1.807) is 13.3 Å². The van der Waals surface area contributed by atoms with Crippen molar-refractivity contribution in [2.75, 3.05) is 7.11 Å². The highest BCUT2D eigenvalue weighted by Crippen LogP contribution is 2.28. The van der Waals surface area contributed by atoms with Crippen LogP contribution in [0.2, 0.25) is 0 Å². The predicted octanol–water partition coefficient (Wildman–Crippen LogP) is 2.44. The second-order valence-electron chi connectivity index (χ2n) is 4.25. The summed E-state index contributed by atoms with van der Waals surface area (Å²) in [6.07, 6.45) is 1.76. The molecule has 0 amide bonds. The number of benzene rings is 1. The van der Waals surface area contributed by atoms with E-state index in [1.165, 1.54) is 0 Å². The largest absolute Gasteiger partial charge is 0.493 e. The molecule has 1 aromatic carbocycles. The number of nitrogens with two attached hydrogens (primary N) is 1. The first-order valence-corrected chi connectivity index (χ1v) is 6.15. The average Bonchev–Trinajstić information content (AvgIpc) is 2.46. The maximum absolute atomic E-state index is 5.77. The lowest BCUT2D eigenvalue weighted by molar-refractivity contribution is 0.280. The second-order valence-corrected chi connectivity index (χ2v) is 4.25. The van der Waals surface area contributed by atoms with E-state index in [9.17, 15) is 0 Å². The Morgan fingerprint density at radius 2 is 2.05 bits per heavy atom. The van der Waals surface area contributed by atoms with Gasteiger partial charge in [-0.2, -0.15) is 0 Å². The van der Waals surface area contributed by atoms with Crippen LogP contribution in [0.3, 0.4) is 0 Å². The Labute approximate surface area is 113 Å². The zero-order chi connectivity index (χ0) is 13.7. The molecule has 0 aliphatic heterocycles. The number of rotatable bonds is 5. The number of aromatic nitrogens is 1.